The zero-order chi connectivity index (χ0) is 24.7. The summed E-state index contributed by atoms with van der Waals surface area (Å²) < 4.78 is 11.6. The lowest BCUT2D eigenvalue weighted by atomic mass is 10.0. The number of fused-ring (bicyclic) bond motifs is 1. The normalized spacial score (nSPS) is 13.5. The summed E-state index contributed by atoms with van der Waals surface area (Å²) >= 11 is 0. The summed E-state index contributed by atoms with van der Waals surface area (Å²) in [7, 11) is 0. The molecule has 3 aromatic rings. The molecule has 0 heterocycles. The van der Waals surface area contributed by atoms with E-state index in [2.05, 4.69) is 24.3 Å². The summed E-state index contributed by atoms with van der Waals surface area (Å²) in [6.45, 7) is 11.6. The van der Waals surface area contributed by atoms with Gasteiger partial charge in [0.15, 0.2) is 0 Å². The third-order valence-corrected chi connectivity index (χ3v) is 5.60. The zero-order valence-corrected chi connectivity index (χ0v) is 21.1. The first-order valence-corrected chi connectivity index (χ1v) is 12.1. The molecule has 3 rings (SSSR count). The summed E-state index contributed by atoms with van der Waals surface area (Å²) in [5, 5.41) is 2.31. The van der Waals surface area contributed by atoms with Crippen molar-refractivity contribution in [3.05, 3.63) is 77.9 Å². The first-order chi connectivity index (χ1) is 16.2. The van der Waals surface area contributed by atoms with Crippen LogP contribution in [0.15, 0.2) is 66.7 Å². The number of hydrogen-bond acceptors (Lipinski definition) is 4. The van der Waals surface area contributed by atoms with Crippen molar-refractivity contribution in [1.82, 2.24) is 4.90 Å². The molecule has 0 aliphatic heterocycles. The molecule has 0 aliphatic rings. The smallest absolute Gasteiger partial charge is 0.240 e. The number of amides is 1. The predicted octanol–water partition coefficient (Wildman–Crippen LogP) is 5.34. The Hall–Kier alpha value is -2.89. The quantitative estimate of drug-likeness (QED) is 0.442. The molecule has 34 heavy (non-hydrogen) atoms. The van der Waals surface area contributed by atoms with Crippen LogP contribution in [0, 0.1) is 0 Å². The number of nitrogens with two attached hydrogens (primary N) is 1. The highest BCUT2D eigenvalue weighted by atomic mass is 16.5. The number of carbonyl (C=O) groups excluding carboxylic acids is 1. The van der Waals surface area contributed by atoms with Crippen molar-refractivity contribution in [2.75, 3.05) is 13.2 Å². The van der Waals surface area contributed by atoms with Gasteiger partial charge < -0.3 is 20.1 Å². The Morgan fingerprint density at radius 3 is 2.35 bits per heavy atom. The fraction of sp³-hybridized carbons (Fsp3) is 0.414. The van der Waals surface area contributed by atoms with Crippen molar-refractivity contribution in [2.24, 2.45) is 5.73 Å². The summed E-state index contributed by atoms with van der Waals surface area (Å²) in [6, 6.07) is 21.6. The van der Waals surface area contributed by atoms with Crippen LogP contribution in [0.25, 0.3) is 10.8 Å². The number of nitrogens with zero attached hydrogens (tertiary/aromatic N) is 1. The molecule has 0 saturated heterocycles. The molecule has 0 aromatic heterocycles. The third-order valence-electron chi connectivity index (χ3n) is 5.60. The maximum Gasteiger partial charge on any atom is 0.240 e. The first kappa shape index (κ1) is 25.7. The van der Waals surface area contributed by atoms with E-state index in [0.29, 0.717) is 26.1 Å². The van der Waals surface area contributed by atoms with E-state index in [1.807, 2.05) is 82.0 Å². The van der Waals surface area contributed by atoms with E-state index >= 15 is 0 Å². The molecule has 0 fully saturated rings. The second-order valence-corrected chi connectivity index (χ2v) is 9.79. The minimum Gasteiger partial charge on any atom is -0.488 e. The maximum atomic E-state index is 13.5. The number of hydrogen-bond donors (Lipinski definition) is 1. The van der Waals surface area contributed by atoms with Crippen LogP contribution in [-0.2, 0) is 22.5 Å². The molecule has 0 aliphatic carbocycles. The van der Waals surface area contributed by atoms with E-state index in [4.69, 9.17) is 15.2 Å². The lowest BCUT2D eigenvalue weighted by Gasteiger charge is -2.29. The minimum absolute atomic E-state index is 0.0745. The average Bonchev–Trinajstić information content (AvgIpc) is 2.79. The van der Waals surface area contributed by atoms with Crippen LogP contribution >= 0.6 is 0 Å². The van der Waals surface area contributed by atoms with Gasteiger partial charge in [0.25, 0.3) is 0 Å². The van der Waals surface area contributed by atoms with Gasteiger partial charge in [-0.15, -0.1) is 0 Å². The van der Waals surface area contributed by atoms with Crippen LogP contribution in [0.5, 0.6) is 5.75 Å². The molecule has 0 radical (unpaired) electrons. The van der Waals surface area contributed by atoms with Gasteiger partial charge in [-0.3, -0.25) is 4.79 Å². The van der Waals surface area contributed by atoms with Gasteiger partial charge >= 0.3 is 0 Å². The minimum atomic E-state index is -0.641. The summed E-state index contributed by atoms with van der Waals surface area (Å²) in [4.78, 5) is 15.3. The summed E-state index contributed by atoms with van der Waals surface area (Å²) in [5.74, 6) is 0.730. The largest absolute Gasteiger partial charge is 0.488 e. The molecule has 0 bridgehead atoms. The van der Waals surface area contributed by atoms with Crippen molar-refractivity contribution in [3.63, 3.8) is 0 Å². The number of ether oxygens (including phenoxy) is 2. The molecule has 0 saturated carbocycles. The van der Waals surface area contributed by atoms with Crippen molar-refractivity contribution in [3.8, 4) is 5.75 Å². The maximum absolute atomic E-state index is 13.5. The topological polar surface area (TPSA) is 64.8 Å². The highest BCUT2D eigenvalue weighted by Gasteiger charge is 2.24. The van der Waals surface area contributed by atoms with Gasteiger partial charge in [0.2, 0.25) is 5.91 Å². The summed E-state index contributed by atoms with van der Waals surface area (Å²) in [5.41, 5.74) is 8.29. The Bertz CT molecular complexity index is 1070. The molecular weight excluding hydrogens is 424 g/mol. The predicted molar refractivity (Wildman–Crippen MR) is 139 cm³/mol. The van der Waals surface area contributed by atoms with E-state index < -0.39 is 6.04 Å². The van der Waals surface area contributed by atoms with Gasteiger partial charge in [-0.1, -0.05) is 54.6 Å². The van der Waals surface area contributed by atoms with Gasteiger partial charge in [0, 0.05) is 19.7 Å². The Balaban J connectivity index is 1.76. The van der Waals surface area contributed by atoms with E-state index in [-0.39, 0.29) is 17.6 Å². The molecule has 5 heteroatoms. The van der Waals surface area contributed by atoms with Crippen molar-refractivity contribution < 1.29 is 14.3 Å². The van der Waals surface area contributed by atoms with Gasteiger partial charge in [0.1, 0.15) is 11.4 Å². The molecule has 2 N–H and O–H groups in total. The van der Waals surface area contributed by atoms with Crippen LogP contribution in [0.1, 0.15) is 45.7 Å². The monoisotopic (exact) mass is 462 g/mol. The first-order valence-electron chi connectivity index (χ1n) is 12.1. The zero-order valence-electron chi connectivity index (χ0n) is 21.1. The van der Waals surface area contributed by atoms with Gasteiger partial charge in [-0.25, -0.2) is 0 Å². The fourth-order valence-electron chi connectivity index (χ4n) is 4.14. The number of benzene rings is 3. The summed E-state index contributed by atoms with van der Waals surface area (Å²) in [6.07, 6.45) is 0.383. The highest BCUT2D eigenvalue weighted by Crippen LogP contribution is 2.22. The third kappa shape index (κ3) is 7.31. The van der Waals surface area contributed by atoms with Crippen LogP contribution < -0.4 is 10.5 Å². The van der Waals surface area contributed by atoms with Crippen molar-refractivity contribution in [1.29, 1.82) is 0 Å². The SMILES string of the molecule is CCOC(C)CN(Cc1cccc2ccccc12)C(=O)[C@@H](N)Cc1ccc(OC(C)(C)C)cc1. The van der Waals surface area contributed by atoms with E-state index in [1.54, 1.807) is 0 Å². The fourth-order valence-corrected chi connectivity index (χ4v) is 4.14. The average molecular weight is 463 g/mol. The van der Waals surface area contributed by atoms with Gasteiger partial charge in [0.05, 0.1) is 12.1 Å². The van der Waals surface area contributed by atoms with Crippen molar-refractivity contribution in [2.45, 2.75) is 65.3 Å². The van der Waals surface area contributed by atoms with Gasteiger partial charge in [-0.2, -0.15) is 0 Å². The van der Waals surface area contributed by atoms with E-state index in [0.717, 1.165) is 27.6 Å². The highest BCUT2D eigenvalue weighted by molar-refractivity contribution is 5.87. The molecule has 5 nitrogen and oxygen atoms in total. The molecule has 1 amide bonds. The molecule has 0 spiro atoms. The second kappa shape index (κ2) is 11.5. The molecule has 182 valence electrons. The van der Waals surface area contributed by atoms with Crippen LogP contribution in [-0.4, -0.2) is 41.7 Å². The van der Waals surface area contributed by atoms with Crippen LogP contribution in [0.3, 0.4) is 0 Å². The second-order valence-electron chi connectivity index (χ2n) is 9.79. The number of rotatable bonds is 10. The molecular formula is C29H38N2O3. The Kier molecular flexibility index (Phi) is 8.70. The Morgan fingerprint density at radius 2 is 1.68 bits per heavy atom. The number of carbonyl (C=O) groups is 1. The van der Waals surface area contributed by atoms with Gasteiger partial charge in [-0.05, 0) is 75.1 Å². The Morgan fingerprint density at radius 1 is 1.00 bits per heavy atom. The lowest BCUT2D eigenvalue weighted by molar-refractivity contribution is -0.135. The molecule has 3 aromatic carbocycles. The Labute approximate surface area is 203 Å². The van der Waals surface area contributed by atoms with Crippen LogP contribution in [0.2, 0.25) is 0 Å². The molecule has 2 atom stereocenters. The van der Waals surface area contributed by atoms with Crippen molar-refractivity contribution >= 4 is 16.7 Å². The van der Waals surface area contributed by atoms with E-state index in [1.165, 1.54) is 0 Å². The molecule has 1 unspecified atom stereocenters. The standard InChI is InChI=1S/C29H38N2O3/c1-6-33-21(2)19-31(20-24-12-9-11-23-10-7-8-13-26(23)24)28(32)27(30)18-22-14-16-25(17-15-22)34-29(3,4)5/h7-17,21,27H,6,18-20,30H2,1-5H3/t21?,27-/m0/s1. The lowest BCUT2D eigenvalue weighted by Crippen LogP contribution is -2.47. The van der Waals surface area contributed by atoms with Crippen LogP contribution in [0.4, 0.5) is 0 Å². The van der Waals surface area contributed by atoms with E-state index in [9.17, 15) is 4.79 Å².